The van der Waals surface area contributed by atoms with Gasteiger partial charge in [-0.3, -0.25) is 4.98 Å². The van der Waals surface area contributed by atoms with E-state index in [4.69, 9.17) is 4.42 Å². The van der Waals surface area contributed by atoms with Crippen LogP contribution in [0.15, 0.2) is 58.7 Å². The summed E-state index contributed by atoms with van der Waals surface area (Å²) in [5.74, 6) is 0.712. The van der Waals surface area contributed by atoms with Crippen molar-refractivity contribution in [3.8, 4) is 11.5 Å². The van der Waals surface area contributed by atoms with Crippen LogP contribution in [-0.2, 0) is 13.1 Å². The van der Waals surface area contributed by atoms with Crippen molar-refractivity contribution in [2.45, 2.75) is 13.1 Å². The van der Waals surface area contributed by atoms with E-state index in [0.29, 0.717) is 18.8 Å². The minimum absolute atomic E-state index is 0.190. The van der Waals surface area contributed by atoms with Crippen LogP contribution in [0, 0.1) is 0 Å². The van der Waals surface area contributed by atoms with Gasteiger partial charge in [-0.25, -0.2) is 4.79 Å². The molecule has 112 valence electrons. The van der Waals surface area contributed by atoms with Gasteiger partial charge in [0.1, 0.15) is 5.69 Å². The molecule has 3 rings (SSSR count). The molecule has 22 heavy (non-hydrogen) atoms. The largest absolute Gasteiger partial charge is 0.463 e. The fraction of sp³-hybridized carbons (Fsp3) is 0.125. The number of urea groups is 1. The second kappa shape index (κ2) is 6.91. The second-order valence-corrected chi connectivity index (χ2v) is 5.67. The van der Waals surface area contributed by atoms with Gasteiger partial charge in [0.2, 0.25) is 0 Å². The molecule has 5 nitrogen and oxygen atoms in total. The van der Waals surface area contributed by atoms with Gasteiger partial charge < -0.3 is 15.1 Å². The molecule has 0 unspecified atom stereocenters. The Kier molecular flexibility index (Phi) is 4.50. The lowest BCUT2D eigenvalue weighted by Crippen LogP contribution is -2.34. The first-order chi connectivity index (χ1) is 10.8. The first kappa shape index (κ1) is 14.3. The van der Waals surface area contributed by atoms with Gasteiger partial charge in [-0.15, -0.1) is 11.3 Å². The minimum Gasteiger partial charge on any atom is -0.463 e. The van der Waals surface area contributed by atoms with E-state index in [-0.39, 0.29) is 6.03 Å². The van der Waals surface area contributed by atoms with Gasteiger partial charge in [0.05, 0.1) is 12.8 Å². The number of nitrogens with one attached hydrogen (secondary N) is 2. The maximum Gasteiger partial charge on any atom is 0.315 e. The summed E-state index contributed by atoms with van der Waals surface area (Å²) >= 11 is 1.62. The van der Waals surface area contributed by atoms with Crippen molar-refractivity contribution in [3.63, 3.8) is 0 Å². The van der Waals surface area contributed by atoms with E-state index in [2.05, 4.69) is 15.6 Å². The minimum atomic E-state index is -0.190. The number of nitrogens with zero attached hydrogens (tertiary/aromatic N) is 1. The number of carbonyl (C=O) groups is 1. The van der Waals surface area contributed by atoms with Crippen LogP contribution in [0.25, 0.3) is 11.5 Å². The number of furan rings is 1. The van der Waals surface area contributed by atoms with E-state index in [1.54, 1.807) is 23.8 Å². The Morgan fingerprint density at radius 3 is 2.86 bits per heavy atom. The summed E-state index contributed by atoms with van der Waals surface area (Å²) in [7, 11) is 0. The van der Waals surface area contributed by atoms with Crippen molar-refractivity contribution in [1.82, 2.24) is 15.6 Å². The van der Waals surface area contributed by atoms with Crippen LogP contribution >= 0.6 is 11.3 Å². The number of pyridine rings is 1. The van der Waals surface area contributed by atoms with Crippen LogP contribution in [-0.4, -0.2) is 11.0 Å². The molecule has 0 bridgehead atoms. The van der Waals surface area contributed by atoms with Gasteiger partial charge in [0.25, 0.3) is 0 Å². The Morgan fingerprint density at radius 2 is 2.09 bits per heavy atom. The Morgan fingerprint density at radius 1 is 1.18 bits per heavy atom. The van der Waals surface area contributed by atoms with Gasteiger partial charge in [0, 0.05) is 17.6 Å². The highest BCUT2D eigenvalue weighted by Crippen LogP contribution is 2.17. The third-order valence-electron chi connectivity index (χ3n) is 3.05. The molecule has 2 N–H and O–H groups in total. The zero-order chi connectivity index (χ0) is 15.2. The number of amides is 2. The Balaban J connectivity index is 1.53. The summed E-state index contributed by atoms with van der Waals surface area (Å²) in [4.78, 5) is 17.2. The highest BCUT2D eigenvalue weighted by atomic mass is 32.1. The van der Waals surface area contributed by atoms with E-state index >= 15 is 0 Å². The average molecular weight is 313 g/mol. The number of carbonyl (C=O) groups excluding carboxylic acids is 1. The molecule has 2 amide bonds. The SMILES string of the molecule is O=C(NCc1ccnc(-c2ccco2)c1)NCc1cccs1. The fourth-order valence-electron chi connectivity index (χ4n) is 1.97. The maximum absolute atomic E-state index is 11.8. The molecular formula is C16H15N3O2S. The lowest BCUT2D eigenvalue weighted by atomic mass is 10.2. The van der Waals surface area contributed by atoms with Crippen molar-refractivity contribution in [2.24, 2.45) is 0 Å². The summed E-state index contributed by atoms with van der Waals surface area (Å²) < 4.78 is 5.32. The molecule has 0 aliphatic carbocycles. The molecule has 0 saturated carbocycles. The standard InChI is InChI=1S/C16H15N3O2S/c20-16(19-11-13-3-2-8-22-13)18-10-12-5-6-17-14(9-12)15-4-1-7-21-15/h1-9H,10-11H2,(H2,18,19,20). The van der Waals surface area contributed by atoms with Gasteiger partial charge in [-0.05, 0) is 41.3 Å². The smallest absolute Gasteiger partial charge is 0.315 e. The molecule has 0 aromatic carbocycles. The number of hydrogen-bond donors (Lipinski definition) is 2. The van der Waals surface area contributed by atoms with Crippen molar-refractivity contribution >= 4 is 17.4 Å². The van der Waals surface area contributed by atoms with E-state index in [1.165, 1.54) is 0 Å². The average Bonchev–Trinajstić information content (AvgIpc) is 3.24. The molecule has 0 aliphatic rings. The van der Waals surface area contributed by atoms with Crippen LogP contribution in [0.5, 0.6) is 0 Å². The zero-order valence-electron chi connectivity index (χ0n) is 11.8. The summed E-state index contributed by atoms with van der Waals surface area (Å²) in [6, 6.07) is 11.2. The topological polar surface area (TPSA) is 67.2 Å². The van der Waals surface area contributed by atoms with E-state index < -0.39 is 0 Å². The third-order valence-corrected chi connectivity index (χ3v) is 3.93. The molecule has 0 spiro atoms. The summed E-state index contributed by atoms with van der Waals surface area (Å²) in [6.45, 7) is 0.976. The van der Waals surface area contributed by atoms with E-state index in [9.17, 15) is 4.79 Å². The predicted octanol–water partition coefficient (Wildman–Crippen LogP) is 3.40. The van der Waals surface area contributed by atoms with E-state index in [1.807, 2.05) is 41.8 Å². The van der Waals surface area contributed by atoms with Gasteiger partial charge in [-0.2, -0.15) is 0 Å². The molecule has 0 atom stereocenters. The summed E-state index contributed by atoms with van der Waals surface area (Å²) in [5.41, 5.74) is 1.72. The van der Waals surface area contributed by atoms with Crippen molar-refractivity contribution in [3.05, 3.63) is 64.7 Å². The van der Waals surface area contributed by atoms with Crippen LogP contribution < -0.4 is 10.6 Å². The first-order valence-electron chi connectivity index (χ1n) is 6.84. The number of thiophene rings is 1. The fourth-order valence-corrected chi connectivity index (χ4v) is 2.61. The van der Waals surface area contributed by atoms with Gasteiger partial charge in [-0.1, -0.05) is 6.07 Å². The summed E-state index contributed by atoms with van der Waals surface area (Å²) in [6.07, 6.45) is 3.32. The molecule has 0 saturated heterocycles. The molecule has 0 aliphatic heterocycles. The quantitative estimate of drug-likeness (QED) is 0.758. The van der Waals surface area contributed by atoms with Crippen LogP contribution in [0.1, 0.15) is 10.4 Å². The molecule has 0 fully saturated rings. The van der Waals surface area contributed by atoms with Crippen LogP contribution in [0.2, 0.25) is 0 Å². The Bertz CT molecular complexity index is 724. The second-order valence-electron chi connectivity index (χ2n) is 4.64. The number of hydrogen-bond acceptors (Lipinski definition) is 4. The van der Waals surface area contributed by atoms with Crippen molar-refractivity contribution < 1.29 is 9.21 Å². The number of aromatic nitrogens is 1. The Labute approximate surface area is 132 Å². The van der Waals surface area contributed by atoms with E-state index in [0.717, 1.165) is 16.1 Å². The molecule has 3 aromatic rings. The maximum atomic E-state index is 11.8. The lowest BCUT2D eigenvalue weighted by molar-refractivity contribution is 0.240. The molecular weight excluding hydrogens is 298 g/mol. The first-order valence-corrected chi connectivity index (χ1v) is 7.72. The normalized spacial score (nSPS) is 10.4. The molecule has 0 radical (unpaired) electrons. The number of rotatable bonds is 5. The van der Waals surface area contributed by atoms with Crippen LogP contribution in [0.3, 0.4) is 0 Å². The highest BCUT2D eigenvalue weighted by Gasteiger charge is 2.05. The van der Waals surface area contributed by atoms with Crippen molar-refractivity contribution in [2.75, 3.05) is 0 Å². The van der Waals surface area contributed by atoms with Gasteiger partial charge >= 0.3 is 6.03 Å². The molecule has 3 heterocycles. The predicted molar refractivity (Wildman–Crippen MR) is 85.3 cm³/mol. The van der Waals surface area contributed by atoms with Crippen LogP contribution in [0.4, 0.5) is 4.79 Å². The summed E-state index contributed by atoms with van der Waals surface area (Å²) in [5, 5.41) is 7.64. The molecule has 6 heteroatoms. The highest BCUT2D eigenvalue weighted by molar-refractivity contribution is 7.09. The third kappa shape index (κ3) is 3.73. The molecule has 3 aromatic heterocycles. The zero-order valence-corrected chi connectivity index (χ0v) is 12.6. The lowest BCUT2D eigenvalue weighted by Gasteiger charge is -2.07. The van der Waals surface area contributed by atoms with Crippen molar-refractivity contribution in [1.29, 1.82) is 0 Å². The van der Waals surface area contributed by atoms with Gasteiger partial charge in [0.15, 0.2) is 5.76 Å². The monoisotopic (exact) mass is 313 g/mol. The Hall–Kier alpha value is -2.60.